The highest BCUT2D eigenvalue weighted by atomic mass is 16.5. The number of nitrogens with zero attached hydrogens (tertiary/aromatic N) is 1. The number of hydrogen-bond donors (Lipinski definition) is 2. The van der Waals surface area contributed by atoms with Crippen LogP contribution < -0.4 is 15.4 Å². The molecule has 0 amide bonds. The van der Waals surface area contributed by atoms with Gasteiger partial charge in [-0.15, -0.1) is 0 Å². The molecule has 1 aromatic rings. The van der Waals surface area contributed by atoms with Crippen LogP contribution in [-0.2, 0) is 0 Å². The summed E-state index contributed by atoms with van der Waals surface area (Å²) < 4.78 is 5.37. The average Bonchev–Trinajstić information content (AvgIpc) is 2.97. The van der Waals surface area contributed by atoms with Gasteiger partial charge in [0, 0.05) is 24.2 Å². The van der Waals surface area contributed by atoms with Crippen molar-refractivity contribution in [3.63, 3.8) is 0 Å². The van der Waals surface area contributed by atoms with E-state index < -0.39 is 0 Å². The first kappa shape index (κ1) is 15.7. The first-order chi connectivity index (χ1) is 10.0. The molecule has 21 heavy (non-hydrogen) atoms. The second-order valence-corrected chi connectivity index (χ2v) is 6.28. The van der Waals surface area contributed by atoms with Crippen molar-refractivity contribution < 1.29 is 4.74 Å². The van der Waals surface area contributed by atoms with E-state index >= 15 is 0 Å². The van der Waals surface area contributed by atoms with Gasteiger partial charge in [-0.25, -0.2) is 0 Å². The van der Waals surface area contributed by atoms with Gasteiger partial charge in [0.15, 0.2) is 0 Å². The summed E-state index contributed by atoms with van der Waals surface area (Å²) >= 11 is 0. The number of nitrogen functional groups attached to an aromatic ring is 1. The largest absolute Gasteiger partial charge is 0.497 e. The number of rotatable bonds is 6. The number of methoxy groups -OCH3 is 1. The molecule has 0 aromatic heterocycles. The van der Waals surface area contributed by atoms with Crippen LogP contribution in [0.2, 0.25) is 0 Å². The molecule has 0 saturated heterocycles. The SMILES string of the molecule is COc1ccc(C(=N)N)c(N(CC(C)C)C2CCCC2)c1. The Kier molecular flexibility index (Phi) is 5.10. The summed E-state index contributed by atoms with van der Waals surface area (Å²) in [4.78, 5) is 2.44. The summed E-state index contributed by atoms with van der Waals surface area (Å²) in [5.41, 5.74) is 7.64. The molecule has 1 saturated carbocycles. The predicted molar refractivity (Wildman–Crippen MR) is 88.5 cm³/mol. The molecule has 1 aliphatic carbocycles. The van der Waals surface area contributed by atoms with Crippen molar-refractivity contribution in [2.24, 2.45) is 11.7 Å². The number of nitrogens with one attached hydrogen (secondary N) is 1. The van der Waals surface area contributed by atoms with Crippen LogP contribution in [0.4, 0.5) is 5.69 Å². The Morgan fingerprint density at radius 3 is 2.57 bits per heavy atom. The highest BCUT2D eigenvalue weighted by Gasteiger charge is 2.26. The maximum atomic E-state index is 7.86. The van der Waals surface area contributed by atoms with Crippen molar-refractivity contribution >= 4 is 11.5 Å². The van der Waals surface area contributed by atoms with Crippen LogP contribution in [0.5, 0.6) is 5.75 Å². The van der Waals surface area contributed by atoms with Crippen LogP contribution in [0, 0.1) is 11.3 Å². The van der Waals surface area contributed by atoms with Crippen LogP contribution in [0.25, 0.3) is 0 Å². The third-order valence-corrected chi connectivity index (χ3v) is 4.13. The van der Waals surface area contributed by atoms with Crippen molar-refractivity contribution in [2.45, 2.75) is 45.6 Å². The van der Waals surface area contributed by atoms with Crippen LogP contribution in [0.3, 0.4) is 0 Å². The lowest BCUT2D eigenvalue weighted by Gasteiger charge is -2.34. The van der Waals surface area contributed by atoms with Crippen molar-refractivity contribution in [3.8, 4) is 5.75 Å². The summed E-state index contributed by atoms with van der Waals surface area (Å²) in [5, 5.41) is 7.86. The van der Waals surface area contributed by atoms with Gasteiger partial charge in [-0.05, 0) is 30.9 Å². The minimum atomic E-state index is 0.124. The molecule has 0 unspecified atom stereocenters. The molecule has 1 fully saturated rings. The van der Waals surface area contributed by atoms with E-state index in [1.54, 1.807) is 7.11 Å². The molecule has 4 nitrogen and oxygen atoms in total. The standard InChI is InChI=1S/C17H27N3O/c1-12(2)11-20(13-6-4-5-7-13)16-10-14(21-3)8-9-15(16)17(18)19/h8-10,12-13H,4-7,11H2,1-3H3,(H3,18,19). The van der Waals surface area contributed by atoms with E-state index in [1.807, 2.05) is 18.2 Å². The van der Waals surface area contributed by atoms with Crippen LogP contribution in [0.1, 0.15) is 45.1 Å². The highest BCUT2D eigenvalue weighted by molar-refractivity contribution is 6.00. The lowest BCUT2D eigenvalue weighted by molar-refractivity contribution is 0.414. The van der Waals surface area contributed by atoms with Gasteiger partial charge in [0.05, 0.1) is 12.8 Å². The molecular formula is C17H27N3O. The van der Waals surface area contributed by atoms with E-state index in [1.165, 1.54) is 25.7 Å². The lowest BCUT2D eigenvalue weighted by atomic mass is 10.0. The Hall–Kier alpha value is -1.71. The third-order valence-electron chi connectivity index (χ3n) is 4.13. The molecule has 0 radical (unpaired) electrons. The monoisotopic (exact) mass is 289 g/mol. The van der Waals surface area contributed by atoms with Crippen molar-refractivity contribution in [1.82, 2.24) is 0 Å². The first-order valence-electron chi connectivity index (χ1n) is 7.82. The van der Waals surface area contributed by atoms with E-state index in [0.717, 1.165) is 23.5 Å². The lowest BCUT2D eigenvalue weighted by Crippen LogP contribution is -2.37. The van der Waals surface area contributed by atoms with Crippen LogP contribution >= 0.6 is 0 Å². The molecular weight excluding hydrogens is 262 g/mol. The van der Waals surface area contributed by atoms with Gasteiger partial charge in [0.25, 0.3) is 0 Å². The Balaban J connectivity index is 2.43. The van der Waals surface area contributed by atoms with E-state index in [4.69, 9.17) is 15.9 Å². The first-order valence-corrected chi connectivity index (χ1v) is 7.82. The maximum Gasteiger partial charge on any atom is 0.124 e. The Morgan fingerprint density at radius 1 is 1.38 bits per heavy atom. The molecule has 1 aromatic carbocycles. The second-order valence-electron chi connectivity index (χ2n) is 6.28. The Labute approximate surface area is 127 Å². The van der Waals surface area contributed by atoms with Crippen molar-refractivity contribution in [3.05, 3.63) is 23.8 Å². The van der Waals surface area contributed by atoms with E-state index in [-0.39, 0.29) is 5.84 Å². The summed E-state index contributed by atoms with van der Waals surface area (Å²) in [6.07, 6.45) is 5.03. The molecule has 2 rings (SSSR count). The van der Waals surface area contributed by atoms with Gasteiger partial charge < -0.3 is 15.4 Å². The zero-order valence-corrected chi connectivity index (χ0v) is 13.4. The number of ether oxygens (including phenoxy) is 1. The average molecular weight is 289 g/mol. The molecule has 0 atom stereocenters. The number of anilines is 1. The van der Waals surface area contributed by atoms with Gasteiger partial charge in [-0.2, -0.15) is 0 Å². The summed E-state index contributed by atoms with van der Waals surface area (Å²) in [5.74, 6) is 1.51. The number of nitrogens with two attached hydrogens (primary N) is 1. The zero-order chi connectivity index (χ0) is 15.4. The molecule has 116 valence electrons. The van der Waals surface area contributed by atoms with Gasteiger partial charge in [-0.3, -0.25) is 5.41 Å². The smallest absolute Gasteiger partial charge is 0.124 e. The topological polar surface area (TPSA) is 62.3 Å². The fourth-order valence-electron chi connectivity index (χ4n) is 3.16. The van der Waals surface area contributed by atoms with E-state index in [2.05, 4.69) is 18.7 Å². The molecule has 0 spiro atoms. The molecule has 0 bridgehead atoms. The highest BCUT2D eigenvalue weighted by Crippen LogP contribution is 2.33. The maximum absolute atomic E-state index is 7.86. The fourth-order valence-corrected chi connectivity index (χ4v) is 3.16. The van der Waals surface area contributed by atoms with E-state index in [0.29, 0.717) is 12.0 Å². The quantitative estimate of drug-likeness (QED) is 0.623. The Bertz CT molecular complexity index is 493. The zero-order valence-electron chi connectivity index (χ0n) is 13.4. The number of hydrogen-bond acceptors (Lipinski definition) is 3. The van der Waals surface area contributed by atoms with Gasteiger partial charge >= 0.3 is 0 Å². The number of amidine groups is 1. The minimum Gasteiger partial charge on any atom is -0.497 e. The molecule has 1 aliphatic rings. The second kappa shape index (κ2) is 6.83. The normalized spacial score (nSPS) is 15.4. The van der Waals surface area contributed by atoms with Crippen LogP contribution in [0.15, 0.2) is 18.2 Å². The molecule has 3 N–H and O–H groups in total. The summed E-state index contributed by atoms with van der Waals surface area (Å²) in [6.45, 7) is 5.45. The fraction of sp³-hybridized carbons (Fsp3) is 0.588. The molecule has 0 heterocycles. The summed E-state index contributed by atoms with van der Waals surface area (Å²) in [6, 6.07) is 6.36. The van der Waals surface area contributed by atoms with Crippen molar-refractivity contribution in [2.75, 3.05) is 18.6 Å². The summed E-state index contributed by atoms with van der Waals surface area (Å²) in [7, 11) is 1.68. The van der Waals surface area contributed by atoms with Gasteiger partial charge in [0.2, 0.25) is 0 Å². The number of benzene rings is 1. The van der Waals surface area contributed by atoms with Gasteiger partial charge in [-0.1, -0.05) is 26.7 Å². The van der Waals surface area contributed by atoms with Gasteiger partial charge in [0.1, 0.15) is 11.6 Å². The third kappa shape index (κ3) is 3.69. The molecule has 0 aliphatic heterocycles. The molecule has 4 heteroatoms. The van der Waals surface area contributed by atoms with E-state index in [9.17, 15) is 0 Å². The Morgan fingerprint density at radius 2 is 2.05 bits per heavy atom. The van der Waals surface area contributed by atoms with Crippen LogP contribution in [-0.4, -0.2) is 25.5 Å². The minimum absolute atomic E-state index is 0.124. The van der Waals surface area contributed by atoms with Crippen molar-refractivity contribution in [1.29, 1.82) is 5.41 Å². The predicted octanol–water partition coefficient (Wildman–Crippen LogP) is 3.38.